The molecule has 2 heterocycles. The average Bonchev–Trinajstić information content (AvgIpc) is 2.98. The highest BCUT2D eigenvalue weighted by Crippen LogP contribution is 2.42. The molecule has 2 amide bonds. The number of halogens is 2. The number of fused-ring (bicyclic) bond motifs is 1. The third-order valence-electron chi connectivity index (χ3n) is 5.83. The molecule has 2 aromatic rings. The summed E-state index contributed by atoms with van der Waals surface area (Å²) in [7, 11) is 0. The Balaban J connectivity index is 1.66. The predicted molar refractivity (Wildman–Crippen MR) is 130 cm³/mol. The number of nitrogens with zero attached hydrogens (tertiary/aromatic N) is 2. The topological polar surface area (TPSA) is 40.6 Å². The van der Waals surface area contributed by atoms with Gasteiger partial charge in [-0.1, -0.05) is 29.8 Å². The average molecular weight is 471 g/mol. The fourth-order valence-electron chi connectivity index (χ4n) is 4.35. The smallest absolute Gasteiger partial charge is 0.293 e. The number of anilines is 1. The third kappa shape index (κ3) is 4.09. The first-order valence-corrected chi connectivity index (χ1v) is 11.6. The van der Waals surface area contributed by atoms with Crippen LogP contribution in [0, 0.1) is 5.82 Å². The molecule has 0 spiro atoms. The van der Waals surface area contributed by atoms with Gasteiger partial charge in [0.05, 0.1) is 17.0 Å². The van der Waals surface area contributed by atoms with Crippen molar-refractivity contribution in [1.82, 2.24) is 4.90 Å². The number of benzene rings is 2. The standard InChI is InChI=1S/C25H24ClFN2O2S/c1-5-29-21-12-20(26)17(10-19(21)15(2)13-25(29,3)4)11-22-23(30)28(24(31)32-22)14-16-6-8-18(27)9-7-16/h6-13H,5,14H2,1-4H3/b22-11+. The molecule has 32 heavy (non-hydrogen) atoms. The van der Waals surface area contributed by atoms with Crippen LogP contribution in [-0.2, 0) is 11.3 Å². The van der Waals surface area contributed by atoms with E-state index in [0.29, 0.717) is 21.1 Å². The summed E-state index contributed by atoms with van der Waals surface area (Å²) < 4.78 is 13.2. The van der Waals surface area contributed by atoms with Gasteiger partial charge in [0.1, 0.15) is 5.82 Å². The Labute approximate surface area is 196 Å². The Morgan fingerprint density at radius 2 is 1.84 bits per heavy atom. The molecule has 2 aliphatic rings. The van der Waals surface area contributed by atoms with Crippen LogP contribution in [0.5, 0.6) is 0 Å². The Hall–Kier alpha value is -2.57. The lowest BCUT2D eigenvalue weighted by Gasteiger charge is -2.43. The highest BCUT2D eigenvalue weighted by Gasteiger charge is 2.36. The van der Waals surface area contributed by atoms with Crippen LogP contribution >= 0.6 is 23.4 Å². The van der Waals surface area contributed by atoms with Gasteiger partial charge in [0.15, 0.2) is 0 Å². The molecule has 4 nitrogen and oxygen atoms in total. The van der Waals surface area contributed by atoms with Crippen molar-refractivity contribution in [3.05, 3.63) is 74.9 Å². The number of carbonyl (C=O) groups is 2. The minimum Gasteiger partial charge on any atom is -0.363 e. The number of carbonyl (C=O) groups excluding carboxylic acids is 2. The lowest BCUT2D eigenvalue weighted by molar-refractivity contribution is -0.123. The fraction of sp³-hybridized carbons (Fsp3) is 0.280. The van der Waals surface area contributed by atoms with Crippen LogP contribution in [0.4, 0.5) is 14.9 Å². The van der Waals surface area contributed by atoms with Crippen LogP contribution < -0.4 is 4.90 Å². The Bertz CT molecular complexity index is 1170. The highest BCUT2D eigenvalue weighted by atomic mass is 35.5. The van der Waals surface area contributed by atoms with Crippen molar-refractivity contribution < 1.29 is 14.0 Å². The molecule has 0 atom stereocenters. The van der Waals surface area contributed by atoms with Crippen molar-refractivity contribution in [3.63, 3.8) is 0 Å². The Morgan fingerprint density at radius 1 is 1.16 bits per heavy atom. The van der Waals surface area contributed by atoms with Gasteiger partial charge < -0.3 is 4.90 Å². The van der Waals surface area contributed by atoms with Crippen LogP contribution in [0.15, 0.2) is 47.4 Å². The highest BCUT2D eigenvalue weighted by molar-refractivity contribution is 8.18. The first kappa shape index (κ1) is 22.6. The summed E-state index contributed by atoms with van der Waals surface area (Å²) in [5.74, 6) is -0.735. The van der Waals surface area contributed by atoms with Crippen LogP contribution in [0.1, 0.15) is 44.4 Å². The number of amides is 2. The van der Waals surface area contributed by atoms with E-state index in [0.717, 1.165) is 35.1 Å². The number of imide groups is 1. The third-order valence-corrected chi connectivity index (χ3v) is 7.06. The van der Waals surface area contributed by atoms with Gasteiger partial charge in [-0.05, 0) is 86.5 Å². The van der Waals surface area contributed by atoms with Crippen molar-refractivity contribution in [2.24, 2.45) is 0 Å². The van der Waals surface area contributed by atoms with Crippen LogP contribution in [-0.4, -0.2) is 28.1 Å². The number of hydrogen-bond donors (Lipinski definition) is 0. The zero-order valence-corrected chi connectivity index (χ0v) is 20.0. The second kappa shape index (κ2) is 8.41. The normalized spacial score (nSPS) is 18.9. The maximum atomic E-state index is 13.2. The number of likely N-dealkylation sites (N-methyl/N-ethyl adjacent to an activating group) is 1. The summed E-state index contributed by atoms with van der Waals surface area (Å²) in [5.41, 5.74) is 4.52. The molecule has 0 aromatic heterocycles. The number of thioether (sulfide) groups is 1. The van der Waals surface area contributed by atoms with E-state index in [4.69, 9.17) is 11.6 Å². The largest absolute Gasteiger partial charge is 0.363 e. The summed E-state index contributed by atoms with van der Waals surface area (Å²) >= 11 is 7.51. The second-order valence-electron chi connectivity index (χ2n) is 8.51. The molecule has 2 aromatic carbocycles. The summed E-state index contributed by atoms with van der Waals surface area (Å²) in [4.78, 5) is 29.2. The summed E-state index contributed by atoms with van der Waals surface area (Å²) in [6.45, 7) is 9.45. The molecule has 0 unspecified atom stereocenters. The van der Waals surface area contributed by atoms with E-state index in [2.05, 4.69) is 38.7 Å². The van der Waals surface area contributed by atoms with Crippen LogP contribution in [0.3, 0.4) is 0 Å². The van der Waals surface area contributed by atoms with E-state index < -0.39 is 0 Å². The molecule has 7 heteroatoms. The van der Waals surface area contributed by atoms with Crippen LogP contribution in [0.25, 0.3) is 11.6 Å². The second-order valence-corrected chi connectivity index (χ2v) is 9.91. The van der Waals surface area contributed by atoms with Crippen molar-refractivity contribution in [1.29, 1.82) is 0 Å². The summed E-state index contributed by atoms with van der Waals surface area (Å²) in [5, 5.41) is 0.174. The molecule has 166 valence electrons. The summed E-state index contributed by atoms with van der Waals surface area (Å²) in [6.07, 6.45) is 3.91. The lowest BCUT2D eigenvalue weighted by Crippen LogP contribution is -2.44. The molecule has 2 aliphatic heterocycles. The maximum Gasteiger partial charge on any atom is 0.293 e. The molecule has 0 aliphatic carbocycles. The van der Waals surface area contributed by atoms with Gasteiger partial charge in [-0.25, -0.2) is 4.39 Å². The van der Waals surface area contributed by atoms with E-state index in [1.54, 1.807) is 18.2 Å². The van der Waals surface area contributed by atoms with Crippen molar-refractivity contribution in [3.8, 4) is 0 Å². The molecular weight excluding hydrogens is 447 g/mol. The molecule has 0 saturated carbocycles. The molecule has 1 saturated heterocycles. The Morgan fingerprint density at radius 3 is 2.50 bits per heavy atom. The van der Waals surface area contributed by atoms with Gasteiger partial charge in [0, 0.05) is 22.8 Å². The van der Waals surface area contributed by atoms with Crippen LogP contribution in [0.2, 0.25) is 5.02 Å². The SMILES string of the molecule is CCN1c2cc(Cl)c(/C=C3/SC(=O)N(Cc4ccc(F)cc4)C3=O)cc2C(C)=CC1(C)C. The van der Waals surface area contributed by atoms with Gasteiger partial charge in [0.25, 0.3) is 11.1 Å². The molecule has 1 fully saturated rings. The summed E-state index contributed by atoms with van der Waals surface area (Å²) in [6, 6.07) is 9.68. The molecule has 0 N–H and O–H groups in total. The van der Waals surface area contributed by atoms with Gasteiger partial charge in [-0.3, -0.25) is 14.5 Å². The van der Waals surface area contributed by atoms with Crippen molar-refractivity contribution in [2.75, 3.05) is 11.4 Å². The molecular formula is C25H24ClFN2O2S. The Kier molecular flexibility index (Phi) is 5.94. The minimum atomic E-state index is -0.373. The first-order chi connectivity index (χ1) is 15.1. The maximum absolute atomic E-state index is 13.2. The zero-order chi connectivity index (χ0) is 23.2. The zero-order valence-electron chi connectivity index (χ0n) is 18.4. The quantitative estimate of drug-likeness (QED) is 0.464. The molecule has 0 bridgehead atoms. The van der Waals surface area contributed by atoms with E-state index in [1.807, 2.05) is 12.1 Å². The molecule has 0 radical (unpaired) electrons. The number of allylic oxidation sites excluding steroid dienone is 1. The minimum absolute atomic E-state index is 0.0998. The van der Waals surface area contributed by atoms with Crippen molar-refractivity contribution >= 4 is 51.8 Å². The van der Waals surface area contributed by atoms with Gasteiger partial charge >= 0.3 is 0 Å². The van der Waals surface area contributed by atoms with Crippen molar-refractivity contribution in [2.45, 2.75) is 39.8 Å². The van der Waals surface area contributed by atoms with E-state index in [1.165, 1.54) is 17.0 Å². The van der Waals surface area contributed by atoms with Gasteiger partial charge in [-0.2, -0.15) is 0 Å². The molecule has 4 rings (SSSR count). The van der Waals surface area contributed by atoms with Gasteiger partial charge in [-0.15, -0.1) is 0 Å². The van der Waals surface area contributed by atoms with E-state index >= 15 is 0 Å². The van der Waals surface area contributed by atoms with E-state index in [-0.39, 0.29) is 29.0 Å². The number of rotatable bonds is 4. The van der Waals surface area contributed by atoms with E-state index in [9.17, 15) is 14.0 Å². The monoisotopic (exact) mass is 470 g/mol. The predicted octanol–water partition coefficient (Wildman–Crippen LogP) is 6.74. The number of hydrogen-bond acceptors (Lipinski definition) is 4. The lowest BCUT2D eigenvalue weighted by atomic mass is 9.88. The first-order valence-electron chi connectivity index (χ1n) is 10.4. The fourth-order valence-corrected chi connectivity index (χ4v) is 5.39. The van der Waals surface area contributed by atoms with Gasteiger partial charge in [0.2, 0.25) is 0 Å².